The number of aryl methyl sites for hydroxylation is 1. The number of para-hydroxylation sites is 1. The van der Waals surface area contributed by atoms with Crippen LogP contribution in [0.1, 0.15) is 17.5 Å². The number of anilines is 3. The van der Waals surface area contributed by atoms with Gasteiger partial charge in [-0.3, -0.25) is 4.79 Å². The fourth-order valence-electron chi connectivity index (χ4n) is 4.41. The van der Waals surface area contributed by atoms with E-state index in [4.69, 9.17) is 4.74 Å². The van der Waals surface area contributed by atoms with Crippen LogP contribution < -0.4 is 20.7 Å². The summed E-state index contributed by atoms with van der Waals surface area (Å²) in [7, 11) is 4.16. The van der Waals surface area contributed by atoms with Gasteiger partial charge in [-0.05, 0) is 98.9 Å². The number of ether oxygens (including phenoxy) is 1. The summed E-state index contributed by atoms with van der Waals surface area (Å²) < 4.78 is 5.79. The summed E-state index contributed by atoms with van der Waals surface area (Å²) in [5.74, 6) is 1.98. The molecule has 0 saturated heterocycles. The number of hydrogen-bond donors (Lipinski definition) is 3. The molecule has 1 unspecified atom stereocenters. The van der Waals surface area contributed by atoms with Crippen molar-refractivity contribution in [2.24, 2.45) is 5.92 Å². The number of urea groups is 1. The Labute approximate surface area is 200 Å². The van der Waals surface area contributed by atoms with E-state index in [9.17, 15) is 9.59 Å². The first-order valence-electron chi connectivity index (χ1n) is 11.4. The Balaban J connectivity index is 1.41. The van der Waals surface area contributed by atoms with E-state index in [0.717, 1.165) is 42.8 Å². The van der Waals surface area contributed by atoms with E-state index >= 15 is 0 Å². The molecule has 7 nitrogen and oxygen atoms in total. The lowest BCUT2D eigenvalue weighted by Gasteiger charge is -2.29. The Kier molecular flexibility index (Phi) is 7.44. The average molecular weight is 459 g/mol. The van der Waals surface area contributed by atoms with Gasteiger partial charge >= 0.3 is 6.03 Å². The van der Waals surface area contributed by atoms with Crippen LogP contribution in [0.2, 0.25) is 0 Å². The second kappa shape index (κ2) is 10.9. The number of fused-ring (bicyclic) bond motifs is 1. The highest BCUT2D eigenvalue weighted by Crippen LogP contribution is 2.34. The van der Waals surface area contributed by atoms with Gasteiger partial charge in [0.05, 0.1) is 0 Å². The molecule has 3 N–H and O–H groups in total. The van der Waals surface area contributed by atoms with E-state index < -0.39 is 0 Å². The molecule has 0 saturated carbocycles. The monoisotopic (exact) mass is 458 g/mol. The van der Waals surface area contributed by atoms with Crippen molar-refractivity contribution in [2.75, 3.05) is 36.6 Å². The molecule has 7 heteroatoms. The first-order chi connectivity index (χ1) is 16.5. The molecule has 0 heterocycles. The van der Waals surface area contributed by atoms with E-state index in [-0.39, 0.29) is 6.03 Å². The van der Waals surface area contributed by atoms with Crippen molar-refractivity contribution in [3.8, 4) is 11.5 Å². The Morgan fingerprint density at radius 2 is 1.71 bits per heavy atom. The second-order valence-corrected chi connectivity index (χ2v) is 8.81. The molecule has 176 valence electrons. The molecule has 3 aromatic rings. The number of benzene rings is 3. The average Bonchev–Trinajstić information content (AvgIpc) is 2.81. The Morgan fingerprint density at radius 1 is 1.00 bits per heavy atom. The van der Waals surface area contributed by atoms with Crippen LogP contribution in [0.3, 0.4) is 0 Å². The van der Waals surface area contributed by atoms with Gasteiger partial charge in [0.2, 0.25) is 6.41 Å². The standard InChI is InChI=1S/C27H30N4O3/c1-31(2)17-19-8-9-20-15-22(16-26(28-18-32)25(20)14-19)30-27(33)29-21-10-12-24(13-11-21)34-23-6-4-3-5-7-23/h3-7,10-13,15-16,18-19H,8-9,14,17H2,1-2H3,(H,28,32)(H2,29,30,33). The van der Waals surface area contributed by atoms with Crippen LogP contribution in [0.5, 0.6) is 11.5 Å². The highest BCUT2D eigenvalue weighted by atomic mass is 16.5. The van der Waals surface area contributed by atoms with Crippen molar-refractivity contribution in [3.05, 3.63) is 77.9 Å². The zero-order valence-corrected chi connectivity index (χ0v) is 19.5. The molecule has 0 radical (unpaired) electrons. The maximum atomic E-state index is 12.6. The van der Waals surface area contributed by atoms with Gasteiger partial charge < -0.3 is 25.6 Å². The van der Waals surface area contributed by atoms with Crippen LogP contribution >= 0.6 is 0 Å². The third kappa shape index (κ3) is 6.14. The number of nitrogens with one attached hydrogen (secondary N) is 3. The van der Waals surface area contributed by atoms with Crippen molar-refractivity contribution in [1.82, 2.24) is 4.90 Å². The molecule has 0 spiro atoms. The predicted molar refractivity (Wildman–Crippen MR) is 136 cm³/mol. The zero-order valence-electron chi connectivity index (χ0n) is 19.5. The highest BCUT2D eigenvalue weighted by molar-refractivity contribution is 6.00. The van der Waals surface area contributed by atoms with Gasteiger partial charge in [-0.2, -0.15) is 0 Å². The fourth-order valence-corrected chi connectivity index (χ4v) is 4.41. The zero-order chi connectivity index (χ0) is 23.9. The summed E-state index contributed by atoms with van der Waals surface area (Å²) in [5, 5.41) is 8.55. The summed E-state index contributed by atoms with van der Waals surface area (Å²) in [4.78, 5) is 26.0. The number of carbonyl (C=O) groups excluding carboxylic acids is 2. The van der Waals surface area contributed by atoms with Crippen LogP contribution in [0, 0.1) is 5.92 Å². The van der Waals surface area contributed by atoms with Crippen LogP contribution in [0.15, 0.2) is 66.7 Å². The van der Waals surface area contributed by atoms with Gasteiger partial charge in [0, 0.05) is 23.6 Å². The topological polar surface area (TPSA) is 82.7 Å². The maximum Gasteiger partial charge on any atom is 0.323 e. The molecular weight excluding hydrogens is 428 g/mol. The van der Waals surface area contributed by atoms with Gasteiger partial charge in [-0.25, -0.2) is 4.79 Å². The fraction of sp³-hybridized carbons (Fsp3) is 0.259. The SMILES string of the molecule is CN(C)CC1CCc2cc(NC(=O)Nc3ccc(Oc4ccccc4)cc3)cc(NC=O)c2C1. The number of carbonyl (C=O) groups is 2. The smallest absolute Gasteiger partial charge is 0.323 e. The number of nitrogens with zero attached hydrogens (tertiary/aromatic N) is 1. The lowest BCUT2D eigenvalue weighted by atomic mass is 9.82. The Morgan fingerprint density at radius 3 is 2.41 bits per heavy atom. The van der Waals surface area contributed by atoms with Gasteiger partial charge in [0.1, 0.15) is 11.5 Å². The largest absolute Gasteiger partial charge is 0.457 e. The molecule has 3 amide bonds. The first kappa shape index (κ1) is 23.3. The van der Waals surface area contributed by atoms with Crippen molar-refractivity contribution in [2.45, 2.75) is 19.3 Å². The van der Waals surface area contributed by atoms with Crippen molar-refractivity contribution >= 4 is 29.5 Å². The highest BCUT2D eigenvalue weighted by Gasteiger charge is 2.23. The number of rotatable bonds is 8. The first-order valence-corrected chi connectivity index (χ1v) is 11.4. The van der Waals surface area contributed by atoms with E-state index in [1.165, 1.54) is 5.56 Å². The van der Waals surface area contributed by atoms with Crippen molar-refractivity contribution in [3.63, 3.8) is 0 Å². The molecule has 0 fully saturated rings. The van der Waals surface area contributed by atoms with Crippen molar-refractivity contribution < 1.29 is 14.3 Å². The number of hydrogen-bond acceptors (Lipinski definition) is 4. The Bertz CT molecular complexity index is 1130. The summed E-state index contributed by atoms with van der Waals surface area (Å²) >= 11 is 0. The second-order valence-electron chi connectivity index (χ2n) is 8.81. The molecule has 1 atom stereocenters. The third-order valence-corrected chi connectivity index (χ3v) is 5.84. The predicted octanol–water partition coefficient (Wildman–Crippen LogP) is 5.36. The molecular formula is C27H30N4O3. The van der Waals surface area contributed by atoms with Crippen LogP contribution in [0.4, 0.5) is 21.9 Å². The third-order valence-electron chi connectivity index (χ3n) is 5.84. The van der Waals surface area contributed by atoms with Crippen LogP contribution in [0.25, 0.3) is 0 Å². The summed E-state index contributed by atoms with van der Waals surface area (Å²) in [5.41, 5.74) is 4.38. The van der Waals surface area contributed by atoms with Crippen molar-refractivity contribution in [1.29, 1.82) is 0 Å². The lowest BCUT2D eigenvalue weighted by Crippen LogP contribution is -2.27. The van der Waals surface area contributed by atoms with Gasteiger partial charge in [0.25, 0.3) is 0 Å². The number of amides is 3. The van der Waals surface area contributed by atoms with E-state index in [2.05, 4.69) is 34.9 Å². The minimum atomic E-state index is -0.352. The normalized spacial score (nSPS) is 14.7. The minimum Gasteiger partial charge on any atom is -0.457 e. The Hall–Kier alpha value is -3.84. The van der Waals surface area contributed by atoms with Crippen LogP contribution in [-0.2, 0) is 17.6 Å². The molecule has 0 aromatic heterocycles. The van der Waals surface area contributed by atoms with Gasteiger partial charge in [-0.15, -0.1) is 0 Å². The molecule has 1 aliphatic carbocycles. The molecule has 0 aliphatic heterocycles. The molecule has 0 bridgehead atoms. The van der Waals surface area contributed by atoms with E-state index in [1.807, 2.05) is 42.5 Å². The summed E-state index contributed by atoms with van der Waals surface area (Å²) in [6.07, 6.45) is 3.60. The van der Waals surface area contributed by atoms with Crippen LogP contribution in [-0.4, -0.2) is 38.0 Å². The summed E-state index contributed by atoms with van der Waals surface area (Å²) in [6.45, 7) is 1.01. The maximum absolute atomic E-state index is 12.6. The lowest BCUT2D eigenvalue weighted by molar-refractivity contribution is -0.105. The van der Waals surface area contributed by atoms with E-state index in [0.29, 0.717) is 29.5 Å². The molecule has 3 aromatic carbocycles. The van der Waals surface area contributed by atoms with E-state index in [1.54, 1.807) is 24.3 Å². The molecule has 4 rings (SSSR count). The van der Waals surface area contributed by atoms with Gasteiger partial charge in [0.15, 0.2) is 0 Å². The van der Waals surface area contributed by atoms with Gasteiger partial charge in [-0.1, -0.05) is 18.2 Å². The molecule has 1 aliphatic rings. The summed E-state index contributed by atoms with van der Waals surface area (Å²) in [6, 6.07) is 20.2. The quantitative estimate of drug-likeness (QED) is 0.397. The minimum absolute atomic E-state index is 0.352. The molecule has 34 heavy (non-hydrogen) atoms.